The highest BCUT2D eigenvalue weighted by Gasteiger charge is 2.42. The standard InChI is InChI=1S/C26H34O6/c1-6-7-12-31-23-11-9-19(16-25(23)30-5)14-21-20(17(2)32-26(21)27)13-18-8-10-22(28-3)24(15-18)29-4/h8-11,15-17,20-21H,6-7,12-14H2,1-5H3. The van der Waals surface area contributed by atoms with E-state index in [0.717, 1.165) is 29.7 Å². The molecule has 2 aromatic rings. The first-order valence-corrected chi connectivity index (χ1v) is 11.2. The first-order valence-electron chi connectivity index (χ1n) is 11.2. The minimum Gasteiger partial charge on any atom is -0.493 e. The van der Waals surface area contributed by atoms with Crippen LogP contribution in [0.15, 0.2) is 36.4 Å². The third-order valence-corrected chi connectivity index (χ3v) is 6.08. The number of unbranched alkanes of at least 4 members (excludes halogenated alkanes) is 1. The Morgan fingerprint density at radius 2 is 1.44 bits per heavy atom. The molecule has 32 heavy (non-hydrogen) atoms. The van der Waals surface area contributed by atoms with Gasteiger partial charge in [0.25, 0.3) is 0 Å². The van der Waals surface area contributed by atoms with Crippen molar-refractivity contribution >= 4 is 5.97 Å². The highest BCUT2D eigenvalue weighted by Crippen LogP contribution is 2.37. The zero-order valence-corrected chi connectivity index (χ0v) is 19.7. The maximum absolute atomic E-state index is 12.7. The highest BCUT2D eigenvalue weighted by atomic mass is 16.6. The molecule has 1 saturated heterocycles. The first-order chi connectivity index (χ1) is 15.5. The van der Waals surface area contributed by atoms with Crippen molar-refractivity contribution in [2.24, 2.45) is 11.8 Å². The largest absolute Gasteiger partial charge is 0.493 e. The van der Waals surface area contributed by atoms with Crippen LogP contribution in [0.1, 0.15) is 37.8 Å². The molecule has 0 N–H and O–H groups in total. The average molecular weight is 443 g/mol. The van der Waals surface area contributed by atoms with E-state index in [1.807, 2.05) is 43.3 Å². The van der Waals surface area contributed by atoms with E-state index in [0.29, 0.717) is 36.7 Å². The van der Waals surface area contributed by atoms with Gasteiger partial charge in [0.05, 0.1) is 33.9 Å². The molecule has 0 aromatic heterocycles. The maximum atomic E-state index is 12.7. The fourth-order valence-corrected chi connectivity index (χ4v) is 4.22. The average Bonchev–Trinajstić information content (AvgIpc) is 3.06. The van der Waals surface area contributed by atoms with E-state index in [4.69, 9.17) is 23.7 Å². The van der Waals surface area contributed by atoms with Gasteiger partial charge in [-0.2, -0.15) is 0 Å². The number of methoxy groups -OCH3 is 3. The van der Waals surface area contributed by atoms with Crippen LogP contribution in [0.25, 0.3) is 0 Å². The van der Waals surface area contributed by atoms with Crippen LogP contribution in [0.5, 0.6) is 23.0 Å². The Bertz CT molecular complexity index is 909. The van der Waals surface area contributed by atoms with Gasteiger partial charge in [-0.25, -0.2) is 0 Å². The van der Waals surface area contributed by atoms with Crippen molar-refractivity contribution in [3.8, 4) is 23.0 Å². The van der Waals surface area contributed by atoms with E-state index in [-0.39, 0.29) is 23.9 Å². The van der Waals surface area contributed by atoms with Gasteiger partial charge in [-0.1, -0.05) is 25.5 Å². The summed E-state index contributed by atoms with van der Waals surface area (Å²) in [7, 11) is 4.88. The third-order valence-electron chi connectivity index (χ3n) is 6.08. The van der Waals surface area contributed by atoms with E-state index in [1.54, 1.807) is 21.3 Å². The third kappa shape index (κ3) is 5.47. The molecule has 3 atom stereocenters. The van der Waals surface area contributed by atoms with Crippen LogP contribution in [0.2, 0.25) is 0 Å². The molecule has 0 bridgehead atoms. The van der Waals surface area contributed by atoms with Crippen molar-refractivity contribution in [1.29, 1.82) is 0 Å². The number of ether oxygens (including phenoxy) is 5. The van der Waals surface area contributed by atoms with Crippen molar-refractivity contribution in [2.75, 3.05) is 27.9 Å². The lowest BCUT2D eigenvalue weighted by Gasteiger charge is -2.20. The summed E-state index contributed by atoms with van der Waals surface area (Å²) in [4.78, 5) is 12.7. The molecular formula is C26H34O6. The molecule has 0 amide bonds. The number of rotatable bonds is 11. The monoisotopic (exact) mass is 442 g/mol. The Balaban J connectivity index is 1.76. The molecular weight excluding hydrogens is 408 g/mol. The van der Waals surface area contributed by atoms with E-state index >= 15 is 0 Å². The number of hydrogen-bond donors (Lipinski definition) is 0. The van der Waals surface area contributed by atoms with Gasteiger partial charge in [0.15, 0.2) is 23.0 Å². The van der Waals surface area contributed by atoms with Crippen LogP contribution in [-0.4, -0.2) is 40.0 Å². The van der Waals surface area contributed by atoms with Gasteiger partial charge in [-0.15, -0.1) is 0 Å². The van der Waals surface area contributed by atoms with Gasteiger partial charge in [-0.3, -0.25) is 4.79 Å². The maximum Gasteiger partial charge on any atom is 0.309 e. The smallest absolute Gasteiger partial charge is 0.309 e. The molecule has 1 aliphatic heterocycles. The number of carbonyl (C=O) groups is 1. The number of hydrogen-bond acceptors (Lipinski definition) is 6. The Kier molecular flexibility index (Phi) is 8.26. The second-order valence-electron chi connectivity index (χ2n) is 8.20. The van der Waals surface area contributed by atoms with Crippen molar-refractivity contribution < 1.29 is 28.5 Å². The van der Waals surface area contributed by atoms with Gasteiger partial charge >= 0.3 is 5.97 Å². The van der Waals surface area contributed by atoms with E-state index in [2.05, 4.69) is 6.92 Å². The predicted molar refractivity (Wildman–Crippen MR) is 123 cm³/mol. The molecule has 3 unspecified atom stereocenters. The number of cyclic esters (lactones) is 1. The quantitative estimate of drug-likeness (QED) is 0.366. The number of carbonyl (C=O) groups excluding carboxylic acids is 1. The minimum atomic E-state index is -0.227. The zero-order chi connectivity index (χ0) is 23.1. The normalized spacial score (nSPS) is 20.0. The Labute approximate surface area is 190 Å². The SMILES string of the molecule is CCCCOc1ccc(CC2C(=O)OC(C)C2Cc2ccc(OC)c(OC)c2)cc1OC. The summed E-state index contributed by atoms with van der Waals surface area (Å²) in [6.45, 7) is 4.75. The summed E-state index contributed by atoms with van der Waals surface area (Å²) in [6.07, 6.45) is 3.22. The van der Waals surface area contributed by atoms with Crippen LogP contribution in [0.3, 0.4) is 0 Å². The van der Waals surface area contributed by atoms with Crippen LogP contribution in [-0.2, 0) is 22.4 Å². The lowest BCUT2D eigenvalue weighted by atomic mass is 9.82. The van der Waals surface area contributed by atoms with Gasteiger partial charge in [-0.05, 0) is 61.6 Å². The first kappa shape index (κ1) is 23.8. The van der Waals surface area contributed by atoms with E-state index in [1.165, 1.54) is 0 Å². The molecule has 1 fully saturated rings. The lowest BCUT2D eigenvalue weighted by molar-refractivity contribution is -0.143. The topological polar surface area (TPSA) is 63.2 Å². The molecule has 0 aliphatic carbocycles. The second-order valence-corrected chi connectivity index (χ2v) is 8.20. The van der Waals surface area contributed by atoms with Gasteiger partial charge in [0.2, 0.25) is 0 Å². The highest BCUT2D eigenvalue weighted by molar-refractivity contribution is 5.75. The lowest BCUT2D eigenvalue weighted by Crippen LogP contribution is -2.23. The molecule has 1 aliphatic rings. The Hall–Kier alpha value is -2.89. The zero-order valence-electron chi connectivity index (χ0n) is 19.7. The van der Waals surface area contributed by atoms with Crippen molar-refractivity contribution in [3.05, 3.63) is 47.5 Å². The van der Waals surface area contributed by atoms with Crippen LogP contribution >= 0.6 is 0 Å². The van der Waals surface area contributed by atoms with Crippen LogP contribution in [0.4, 0.5) is 0 Å². The van der Waals surface area contributed by atoms with Gasteiger partial charge in [0.1, 0.15) is 6.10 Å². The molecule has 1 heterocycles. The van der Waals surface area contributed by atoms with Crippen molar-refractivity contribution in [1.82, 2.24) is 0 Å². The van der Waals surface area contributed by atoms with Crippen molar-refractivity contribution in [2.45, 2.75) is 45.6 Å². The number of benzene rings is 2. The Morgan fingerprint density at radius 3 is 2.06 bits per heavy atom. The van der Waals surface area contributed by atoms with Gasteiger partial charge < -0.3 is 23.7 Å². The fourth-order valence-electron chi connectivity index (χ4n) is 4.22. The molecule has 2 aromatic carbocycles. The molecule has 174 valence electrons. The molecule has 0 saturated carbocycles. The fraction of sp³-hybridized carbons (Fsp3) is 0.500. The molecule has 0 spiro atoms. The second kappa shape index (κ2) is 11.1. The van der Waals surface area contributed by atoms with Crippen LogP contribution in [0, 0.1) is 11.8 Å². The summed E-state index contributed by atoms with van der Waals surface area (Å²) in [5.74, 6) is 2.48. The molecule has 0 radical (unpaired) electrons. The minimum absolute atomic E-state index is 0.0621. The predicted octanol–water partition coefficient (Wildman–Crippen LogP) is 4.85. The van der Waals surface area contributed by atoms with E-state index < -0.39 is 0 Å². The van der Waals surface area contributed by atoms with Gasteiger partial charge in [0, 0.05) is 5.92 Å². The van der Waals surface area contributed by atoms with E-state index in [9.17, 15) is 4.79 Å². The summed E-state index contributed by atoms with van der Waals surface area (Å²) in [6, 6.07) is 11.8. The molecule has 6 heteroatoms. The molecule has 3 rings (SSSR count). The van der Waals surface area contributed by atoms with Crippen LogP contribution < -0.4 is 18.9 Å². The summed E-state index contributed by atoms with van der Waals surface area (Å²) in [5.41, 5.74) is 2.11. The Morgan fingerprint density at radius 1 is 0.844 bits per heavy atom. The van der Waals surface area contributed by atoms with Crippen molar-refractivity contribution in [3.63, 3.8) is 0 Å². The molecule has 6 nitrogen and oxygen atoms in total. The summed E-state index contributed by atoms with van der Waals surface area (Å²) < 4.78 is 27.8. The summed E-state index contributed by atoms with van der Waals surface area (Å²) in [5, 5.41) is 0. The number of esters is 1. The summed E-state index contributed by atoms with van der Waals surface area (Å²) >= 11 is 0.